The third-order valence-corrected chi connectivity index (χ3v) is 4.42. The zero-order valence-corrected chi connectivity index (χ0v) is 13.8. The summed E-state index contributed by atoms with van der Waals surface area (Å²) in [5.41, 5.74) is 1.35. The second-order valence-corrected chi connectivity index (χ2v) is 6.20. The van der Waals surface area contributed by atoms with Crippen LogP contribution in [0.2, 0.25) is 0 Å². The Hall–Kier alpha value is -1.43. The maximum atomic E-state index is 13.4. The van der Waals surface area contributed by atoms with Crippen LogP contribution >= 0.6 is 15.9 Å². The van der Waals surface area contributed by atoms with Gasteiger partial charge in [0.2, 0.25) is 5.91 Å². The third kappa shape index (κ3) is 3.10. The molecule has 0 saturated carbocycles. The van der Waals surface area contributed by atoms with Crippen LogP contribution in [0.3, 0.4) is 0 Å². The molecule has 2 atom stereocenters. The number of amides is 2. The van der Waals surface area contributed by atoms with E-state index in [2.05, 4.69) is 21.2 Å². The molecular weight excluding hydrogens is 339 g/mol. The molecule has 2 unspecified atom stereocenters. The maximum absolute atomic E-state index is 13.4. The van der Waals surface area contributed by atoms with E-state index in [-0.39, 0.29) is 30.1 Å². The molecule has 0 aromatic heterocycles. The highest BCUT2D eigenvalue weighted by Gasteiger charge is 2.40. The predicted octanol–water partition coefficient (Wildman–Crippen LogP) is 3.23. The van der Waals surface area contributed by atoms with Crippen molar-refractivity contribution in [1.82, 2.24) is 4.90 Å². The number of nitrogens with one attached hydrogen (secondary N) is 1. The summed E-state index contributed by atoms with van der Waals surface area (Å²) in [6, 6.07) is 2.30. The molecule has 1 heterocycles. The van der Waals surface area contributed by atoms with Crippen LogP contribution in [0.15, 0.2) is 16.6 Å². The molecular formula is C15H18BrFN2O2. The highest BCUT2D eigenvalue weighted by molar-refractivity contribution is 9.10. The van der Waals surface area contributed by atoms with Crippen molar-refractivity contribution >= 4 is 33.4 Å². The molecule has 21 heavy (non-hydrogen) atoms. The number of nitrogens with zero attached hydrogens (tertiary/aromatic N) is 1. The molecule has 1 aliphatic heterocycles. The predicted molar refractivity (Wildman–Crippen MR) is 82.5 cm³/mol. The smallest absolute Gasteiger partial charge is 0.252 e. The number of benzene rings is 1. The number of likely N-dealkylation sites (tertiary alicyclic amines) is 1. The van der Waals surface area contributed by atoms with Crippen molar-refractivity contribution < 1.29 is 14.0 Å². The number of rotatable bonds is 4. The van der Waals surface area contributed by atoms with Gasteiger partial charge in [-0.15, -0.1) is 0 Å². The normalized spacial score (nSPS) is 20.0. The summed E-state index contributed by atoms with van der Waals surface area (Å²) in [5.74, 6) is -0.729. The van der Waals surface area contributed by atoms with Gasteiger partial charge in [-0.2, -0.15) is 0 Å². The lowest BCUT2D eigenvalue weighted by Gasteiger charge is -2.22. The minimum Gasteiger partial charge on any atom is -0.373 e. The Labute approximate surface area is 131 Å². The lowest BCUT2D eigenvalue weighted by atomic mass is 10.1. The van der Waals surface area contributed by atoms with Crippen molar-refractivity contribution in [2.75, 3.05) is 5.32 Å². The summed E-state index contributed by atoms with van der Waals surface area (Å²) in [6.07, 6.45) is 0.864. The number of carbonyl (C=O) groups is 2. The molecule has 1 fully saturated rings. The number of aryl methyl sites for hydroxylation is 1. The molecule has 4 nitrogen and oxygen atoms in total. The summed E-state index contributed by atoms with van der Waals surface area (Å²) in [6.45, 7) is 5.55. The van der Waals surface area contributed by atoms with Crippen molar-refractivity contribution in [2.45, 2.75) is 45.7 Å². The molecule has 2 rings (SSSR count). The molecule has 1 aromatic rings. The molecule has 1 saturated heterocycles. The monoisotopic (exact) mass is 356 g/mol. The van der Waals surface area contributed by atoms with Gasteiger partial charge < -0.3 is 5.32 Å². The molecule has 2 amide bonds. The van der Waals surface area contributed by atoms with Gasteiger partial charge in [0.05, 0.1) is 10.9 Å². The Balaban J connectivity index is 2.20. The molecule has 0 aliphatic carbocycles. The minimum atomic E-state index is -0.581. The molecule has 1 N–H and O–H groups in total. The Kier molecular flexibility index (Phi) is 4.66. The second kappa shape index (κ2) is 6.13. The van der Waals surface area contributed by atoms with Crippen LogP contribution in [-0.4, -0.2) is 28.8 Å². The number of imide groups is 1. The average molecular weight is 357 g/mol. The Morgan fingerprint density at radius 1 is 1.48 bits per heavy atom. The Bertz CT molecular complexity index is 591. The molecule has 114 valence electrons. The van der Waals surface area contributed by atoms with Gasteiger partial charge in [0.25, 0.3) is 5.91 Å². The quantitative estimate of drug-likeness (QED) is 0.842. The van der Waals surface area contributed by atoms with Crippen molar-refractivity contribution in [3.05, 3.63) is 28.0 Å². The SMILES string of the molecule is CCC(C)N1C(=O)CC(Nc2cc(Br)c(F)cc2C)C1=O. The summed E-state index contributed by atoms with van der Waals surface area (Å²) in [5, 5.41) is 3.06. The first kappa shape index (κ1) is 15.9. The van der Waals surface area contributed by atoms with Gasteiger partial charge in [-0.1, -0.05) is 6.92 Å². The van der Waals surface area contributed by atoms with Crippen LogP contribution in [-0.2, 0) is 9.59 Å². The average Bonchev–Trinajstić information content (AvgIpc) is 2.70. The van der Waals surface area contributed by atoms with E-state index in [1.165, 1.54) is 11.0 Å². The number of halogens is 2. The fourth-order valence-corrected chi connectivity index (χ4v) is 2.74. The second-order valence-electron chi connectivity index (χ2n) is 5.34. The maximum Gasteiger partial charge on any atom is 0.252 e. The number of hydrogen-bond donors (Lipinski definition) is 1. The Morgan fingerprint density at radius 2 is 2.14 bits per heavy atom. The van der Waals surface area contributed by atoms with Crippen LogP contribution in [0.1, 0.15) is 32.3 Å². The van der Waals surface area contributed by atoms with E-state index >= 15 is 0 Å². The largest absolute Gasteiger partial charge is 0.373 e. The molecule has 1 aliphatic rings. The lowest BCUT2D eigenvalue weighted by molar-refractivity contribution is -0.140. The zero-order valence-electron chi connectivity index (χ0n) is 12.2. The third-order valence-electron chi connectivity index (χ3n) is 3.81. The van der Waals surface area contributed by atoms with Crippen LogP contribution in [0.25, 0.3) is 0 Å². The number of carbonyl (C=O) groups excluding carboxylic acids is 2. The fourth-order valence-electron chi connectivity index (χ4n) is 2.40. The van der Waals surface area contributed by atoms with Crippen molar-refractivity contribution in [1.29, 1.82) is 0 Å². The van der Waals surface area contributed by atoms with Gasteiger partial charge >= 0.3 is 0 Å². The van der Waals surface area contributed by atoms with E-state index in [4.69, 9.17) is 0 Å². The Morgan fingerprint density at radius 3 is 2.76 bits per heavy atom. The number of hydrogen-bond acceptors (Lipinski definition) is 3. The van der Waals surface area contributed by atoms with Gasteiger partial charge in [0.15, 0.2) is 0 Å². The molecule has 0 bridgehead atoms. The van der Waals surface area contributed by atoms with Crippen LogP contribution in [0, 0.1) is 12.7 Å². The highest BCUT2D eigenvalue weighted by Crippen LogP contribution is 2.27. The topological polar surface area (TPSA) is 49.4 Å². The first-order valence-corrected chi connectivity index (χ1v) is 7.72. The van der Waals surface area contributed by atoms with Gasteiger partial charge in [-0.25, -0.2) is 4.39 Å². The van der Waals surface area contributed by atoms with E-state index in [0.29, 0.717) is 15.7 Å². The lowest BCUT2D eigenvalue weighted by Crippen LogP contribution is -2.40. The van der Waals surface area contributed by atoms with Gasteiger partial charge in [-0.05, 0) is 53.9 Å². The number of anilines is 1. The van der Waals surface area contributed by atoms with Crippen molar-refractivity contribution in [3.8, 4) is 0 Å². The highest BCUT2D eigenvalue weighted by atomic mass is 79.9. The minimum absolute atomic E-state index is 0.0992. The molecule has 0 spiro atoms. The van der Waals surface area contributed by atoms with E-state index in [0.717, 1.165) is 6.42 Å². The van der Waals surface area contributed by atoms with E-state index in [9.17, 15) is 14.0 Å². The van der Waals surface area contributed by atoms with E-state index in [1.807, 2.05) is 13.8 Å². The fraction of sp³-hybridized carbons (Fsp3) is 0.467. The molecule has 1 aromatic carbocycles. The van der Waals surface area contributed by atoms with Crippen LogP contribution in [0.5, 0.6) is 0 Å². The summed E-state index contributed by atoms with van der Waals surface area (Å²) < 4.78 is 13.7. The van der Waals surface area contributed by atoms with Crippen molar-refractivity contribution in [3.63, 3.8) is 0 Å². The molecule has 0 radical (unpaired) electrons. The zero-order chi connectivity index (χ0) is 15.7. The summed E-state index contributed by atoms with van der Waals surface area (Å²) in [7, 11) is 0. The van der Waals surface area contributed by atoms with Gasteiger partial charge in [-0.3, -0.25) is 14.5 Å². The summed E-state index contributed by atoms with van der Waals surface area (Å²) >= 11 is 3.13. The first-order chi connectivity index (χ1) is 9.85. The van der Waals surface area contributed by atoms with Crippen molar-refractivity contribution in [2.24, 2.45) is 0 Å². The molecule has 6 heteroatoms. The van der Waals surface area contributed by atoms with Gasteiger partial charge in [0.1, 0.15) is 11.9 Å². The van der Waals surface area contributed by atoms with Crippen LogP contribution in [0.4, 0.5) is 10.1 Å². The van der Waals surface area contributed by atoms with Gasteiger partial charge in [0, 0.05) is 11.7 Å². The van der Waals surface area contributed by atoms with E-state index in [1.54, 1.807) is 13.0 Å². The van der Waals surface area contributed by atoms with E-state index < -0.39 is 6.04 Å². The van der Waals surface area contributed by atoms with Crippen LogP contribution < -0.4 is 5.32 Å². The standard InChI is InChI=1S/C15H18BrFN2O2/c1-4-9(3)19-14(20)7-13(15(19)21)18-12-6-10(16)11(17)5-8(12)2/h5-6,9,13,18H,4,7H2,1-3H3. The first-order valence-electron chi connectivity index (χ1n) is 6.93. The summed E-state index contributed by atoms with van der Waals surface area (Å²) in [4.78, 5) is 25.7.